The lowest BCUT2D eigenvalue weighted by Crippen LogP contribution is -2.00. The largest absolute Gasteiger partial charge is 0.489 e. The Bertz CT molecular complexity index is 744. The van der Waals surface area contributed by atoms with Crippen LogP contribution in [0.2, 0.25) is 0 Å². The van der Waals surface area contributed by atoms with Crippen LogP contribution < -0.4 is 4.74 Å². The summed E-state index contributed by atoms with van der Waals surface area (Å²) in [5.41, 5.74) is 3.16. The van der Waals surface area contributed by atoms with E-state index >= 15 is 0 Å². The SMILES string of the molecule is OC(CCc1cccc(OCc2ccccc2)c1)c1cccnc1. The molecule has 122 valence electrons. The molecule has 1 aromatic heterocycles. The average Bonchev–Trinajstić information content (AvgIpc) is 2.66. The van der Waals surface area contributed by atoms with Gasteiger partial charge in [0, 0.05) is 12.4 Å². The molecule has 0 aliphatic carbocycles. The Balaban J connectivity index is 1.55. The first-order valence-electron chi connectivity index (χ1n) is 8.15. The molecule has 0 saturated carbocycles. The van der Waals surface area contributed by atoms with E-state index in [4.69, 9.17) is 4.74 Å². The van der Waals surface area contributed by atoms with Gasteiger partial charge in [-0.25, -0.2) is 0 Å². The molecule has 0 aliphatic rings. The van der Waals surface area contributed by atoms with E-state index in [2.05, 4.69) is 11.1 Å². The lowest BCUT2D eigenvalue weighted by molar-refractivity contribution is 0.167. The number of aliphatic hydroxyl groups excluding tert-OH is 1. The molecule has 3 heteroatoms. The fraction of sp³-hybridized carbons (Fsp3) is 0.190. The van der Waals surface area contributed by atoms with Crippen molar-refractivity contribution in [3.8, 4) is 5.75 Å². The summed E-state index contributed by atoms with van der Waals surface area (Å²) in [7, 11) is 0. The summed E-state index contributed by atoms with van der Waals surface area (Å²) in [6.45, 7) is 0.558. The van der Waals surface area contributed by atoms with Gasteiger partial charge < -0.3 is 9.84 Å². The molecule has 0 aliphatic heterocycles. The lowest BCUT2D eigenvalue weighted by atomic mass is 10.0. The topological polar surface area (TPSA) is 42.4 Å². The van der Waals surface area contributed by atoms with E-state index in [0.29, 0.717) is 13.0 Å². The standard InChI is InChI=1S/C21H21NO2/c23-21(19-9-5-13-22-15-19)12-11-17-8-4-10-20(14-17)24-16-18-6-2-1-3-7-18/h1-10,13-15,21,23H,11-12,16H2. The van der Waals surface area contributed by atoms with Crippen molar-refractivity contribution in [3.63, 3.8) is 0 Å². The van der Waals surface area contributed by atoms with Crippen LogP contribution in [-0.2, 0) is 13.0 Å². The molecular weight excluding hydrogens is 298 g/mol. The highest BCUT2D eigenvalue weighted by molar-refractivity contribution is 5.29. The third kappa shape index (κ3) is 4.67. The van der Waals surface area contributed by atoms with Crippen LogP contribution in [0.25, 0.3) is 0 Å². The van der Waals surface area contributed by atoms with Gasteiger partial charge in [0.1, 0.15) is 12.4 Å². The molecule has 0 fully saturated rings. The zero-order valence-corrected chi connectivity index (χ0v) is 13.5. The van der Waals surface area contributed by atoms with E-state index in [0.717, 1.165) is 28.9 Å². The molecule has 1 atom stereocenters. The first-order chi connectivity index (χ1) is 11.8. The predicted molar refractivity (Wildman–Crippen MR) is 94.7 cm³/mol. The van der Waals surface area contributed by atoms with Crippen molar-refractivity contribution in [3.05, 3.63) is 95.8 Å². The lowest BCUT2D eigenvalue weighted by Gasteiger charge is -2.11. The molecule has 1 unspecified atom stereocenters. The molecule has 0 radical (unpaired) electrons. The summed E-state index contributed by atoms with van der Waals surface area (Å²) in [6.07, 6.45) is 4.38. The minimum absolute atomic E-state index is 0.493. The summed E-state index contributed by atoms with van der Waals surface area (Å²) < 4.78 is 5.85. The zero-order chi connectivity index (χ0) is 16.6. The van der Waals surface area contributed by atoms with Crippen molar-refractivity contribution < 1.29 is 9.84 Å². The first-order valence-corrected chi connectivity index (χ1v) is 8.15. The number of aryl methyl sites for hydroxylation is 1. The zero-order valence-electron chi connectivity index (χ0n) is 13.5. The van der Waals surface area contributed by atoms with Gasteiger partial charge in [-0.2, -0.15) is 0 Å². The number of hydrogen-bond donors (Lipinski definition) is 1. The van der Waals surface area contributed by atoms with Crippen molar-refractivity contribution in [2.24, 2.45) is 0 Å². The number of hydrogen-bond acceptors (Lipinski definition) is 3. The molecule has 3 nitrogen and oxygen atoms in total. The third-order valence-corrected chi connectivity index (χ3v) is 3.92. The van der Waals surface area contributed by atoms with Gasteiger partial charge in [-0.05, 0) is 47.7 Å². The Morgan fingerprint density at radius 2 is 1.75 bits per heavy atom. The number of ether oxygens (including phenoxy) is 1. The fourth-order valence-corrected chi connectivity index (χ4v) is 2.57. The molecular formula is C21H21NO2. The Kier molecular flexibility index (Phi) is 5.59. The van der Waals surface area contributed by atoms with Crippen LogP contribution in [0.15, 0.2) is 79.1 Å². The van der Waals surface area contributed by atoms with E-state index in [1.807, 2.05) is 60.7 Å². The number of rotatable bonds is 7. The Labute approximate surface area is 142 Å². The van der Waals surface area contributed by atoms with Crippen molar-refractivity contribution >= 4 is 0 Å². The van der Waals surface area contributed by atoms with Crippen molar-refractivity contribution in [2.75, 3.05) is 0 Å². The molecule has 3 aromatic rings. The molecule has 0 spiro atoms. The molecule has 3 rings (SSSR count). The summed E-state index contributed by atoms with van der Waals surface area (Å²) in [4.78, 5) is 4.05. The molecule has 24 heavy (non-hydrogen) atoms. The maximum absolute atomic E-state index is 10.2. The van der Waals surface area contributed by atoms with E-state index < -0.39 is 6.10 Å². The Hall–Kier alpha value is -2.65. The summed E-state index contributed by atoms with van der Waals surface area (Å²) in [5.74, 6) is 0.854. The van der Waals surface area contributed by atoms with Crippen LogP contribution in [0.5, 0.6) is 5.75 Å². The molecule has 0 amide bonds. The Morgan fingerprint density at radius 3 is 2.54 bits per heavy atom. The summed E-state index contributed by atoms with van der Waals surface area (Å²) in [6, 6.07) is 21.9. The highest BCUT2D eigenvalue weighted by atomic mass is 16.5. The second-order valence-electron chi connectivity index (χ2n) is 5.76. The van der Waals surface area contributed by atoms with Crippen molar-refractivity contribution in [1.29, 1.82) is 0 Å². The number of pyridine rings is 1. The van der Waals surface area contributed by atoms with Gasteiger partial charge in [-0.15, -0.1) is 0 Å². The van der Waals surface area contributed by atoms with Crippen LogP contribution in [-0.4, -0.2) is 10.1 Å². The number of benzene rings is 2. The van der Waals surface area contributed by atoms with E-state index in [1.54, 1.807) is 12.4 Å². The quantitative estimate of drug-likeness (QED) is 0.705. The molecule has 2 aromatic carbocycles. The molecule has 1 N–H and O–H groups in total. The van der Waals surface area contributed by atoms with E-state index in [9.17, 15) is 5.11 Å². The summed E-state index contributed by atoms with van der Waals surface area (Å²) >= 11 is 0. The monoisotopic (exact) mass is 319 g/mol. The van der Waals surface area contributed by atoms with Crippen LogP contribution in [0.1, 0.15) is 29.2 Å². The molecule has 0 bridgehead atoms. The second kappa shape index (κ2) is 8.27. The highest BCUT2D eigenvalue weighted by Crippen LogP contribution is 2.21. The Morgan fingerprint density at radius 1 is 0.917 bits per heavy atom. The van der Waals surface area contributed by atoms with E-state index in [-0.39, 0.29) is 0 Å². The second-order valence-corrected chi connectivity index (χ2v) is 5.76. The van der Waals surface area contributed by atoms with Crippen molar-refractivity contribution in [1.82, 2.24) is 4.98 Å². The van der Waals surface area contributed by atoms with Gasteiger partial charge in [-0.1, -0.05) is 48.5 Å². The minimum Gasteiger partial charge on any atom is -0.489 e. The third-order valence-electron chi connectivity index (χ3n) is 3.92. The van der Waals surface area contributed by atoms with Crippen LogP contribution in [0, 0.1) is 0 Å². The van der Waals surface area contributed by atoms with Gasteiger partial charge >= 0.3 is 0 Å². The maximum atomic E-state index is 10.2. The maximum Gasteiger partial charge on any atom is 0.120 e. The molecule has 1 heterocycles. The van der Waals surface area contributed by atoms with E-state index in [1.165, 1.54) is 0 Å². The normalized spacial score (nSPS) is 11.9. The fourth-order valence-electron chi connectivity index (χ4n) is 2.57. The van der Waals surface area contributed by atoms with Gasteiger partial charge in [0.15, 0.2) is 0 Å². The van der Waals surface area contributed by atoms with Gasteiger partial charge in [0.2, 0.25) is 0 Å². The average molecular weight is 319 g/mol. The predicted octanol–water partition coefficient (Wildman–Crippen LogP) is 4.33. The van der Waals surface area contributed by atoms with Crippen LogP contribution in [0.3, 0.4) is 0 Å². The smallest absolute Gasteiger partial charge is 0.120 e. The molecule has 0 saturated heterocycles. The van der Waals surface area contributed by atoms with Gasteiger partial charge in [-0.3, -0.25) is 4.98 Å². The summed E-state index contributed by atoms with van der Waals surface area (Å²) in [5, 5.41) is 10.2. The van der Waals surface area contributed by atoms with Crippen LogP contribution >= 0.6 is 0 Å². The number of aliphatic hydroxyl groups is 1. The minimum atomic E-state index is -0.493. The van der Waals surface area contributed by atoms with Crippen molar-refractivity contribution in [2.45, 2.75) is 25.6 Å². The number of nitrogens with zero attached hydrogens (tertiary/aromatic N) is 1. The number of aromatic nitrogens is 1. The van der Waals surface area contributed by atoms with Crippen LogP contribution in [0.4, 0.5) is 0 Å². The van der Waals surface area contributed by atoms with Gasteiger partial charge in [0.05, 0.1) is 6.10 Å². The van der Waals surface area contributed by atoms with Gasteiger partial charge in [0.25, 0.3) is 0 Å². The highest BCUT2D eigenvalue weighted by Gasteiger charge is 2.08. The first kappa shape index (κ1) is 16.2.